The van der Waals surface area contributed by atoms with Crippen molar-refractivity contribution in [1.29, 1.82) is 0 Å². The van der Waals surface area contributed by atoms with E-state index < -0.39 is 0 Å². The molecule has 0 aromatic carbocycles. The van der Waals surface area contributed by atoms with Crippen LogP contribution in [-0.2, 0) is 9.53 Å². The molecular weight excluding hydrogens is 348 g/mol. The molecular formula is C13H14BrClN2O3. The molecule has 0 N–H and O–H groups in total. The normalized spacial score (nSPS) is 21.9. The van der Waals surface area contributed by atoms with E-state index in [0.717, 1.165) is 0 Å². The number of nitrogens with zero attached hydrogens (tertiary/aromatic N) is 2. The molecule has 5 nitrogen and oxygen atoms in total. The quantitative estimate of drug-likeness (QED) is 0.599. The Kier molecular flexibility index (Phi) is 4.65. The predicted octanol–water partition coefficient (Wildman–Crippen LogP) is 2.38. The minimum atomic E-state index is -0.289. The summed E-state index contributed by atoms with van der Waals surface area (Å²) in [6.07, 6.45) is 1.53. The van der Waals surface area contributed by atoms with Crippen molar-refractivity contribution in [3.8, 4) is 0 Å². The fourth-order valence-electron chi connectivity index (χ4n) is 2.33. The van der Waals surface area contributed by atoms with Crippen LogP contribution in [0.3, 0.4) is 0 Å². The number of ether oxygens (including phenoxy) is 1. The average molecular weight is 362 g/mol. The Balaban J connectivity index is 2.19. The third kappa shape index (κ3) is 2.96. The van der Waals surface area contributed by atoms with Crippen LogP contribution in [0, 0.1) is 11.8 Å². The van der Waals surface area contributed by atoms with Crippen molar-refractivity contribution >= 4 is 39.4 Å². The third-order valence-corrected chi connectivity index (χ3v) is 4.17. The van der Waals surface area contributed by atoms with Gasteiger partial charge in [-0.15, -0.1) is 0 Å². The van der Waals surface area contributed by atoms with E-state index in [1.54, 1.807) is 11.0 Å². The summed E-state index contributed by atoms with van der Waals surface area (Å²) in [5, 5.41) is 0.160. The second kappa shape index (κ2) is 6.10. The van der Waals surface area contributed by atoms with Gasteiger partial charge in [-0.1, -0.05) is 18.5 Å². The summed E-state index contributed by atoms with van der Waals surface area (Å²) in [6, 6.07) is 1.63. The fourth-order valence-corrected chi connectivity index (χ4v) is 2.85. The van der Waals surface area contributed by atoms with Crippen molar-refractivity contribution in [2.24, 2.45) is 11.8 Å². The number of methoxy groups -OCH3 is 1. The zero-order valence-corrected chi connectivity index (χ0v) is 13.4. The molecule has 1 aliphatic heterocycles. The minimum Gasteiger partial charge on any atom is -0.469 e. The summed E-state index contributed by atoms with van der Waals surface area (Å²) in [4.78, 5) is 29.6. The number of pyridine rings is 1. The summed E-state index contributed by atoms with van der Waals surface area (Å²) in [6.45, 7) is 2.77. The molecule has 1 amide bonds. The van der Waals surface area contributed by atoms with E-state index in [-0.39, 0.29) is 28.9 Å². The van der Waals surface area contributed by atoms with E-state index in [2.05, 4.69) is 20.9 Å². The van der Waals surface area contributed by atoms with E-state index in [1.165, 1.54) is 13.3 Å². The molecule has 0 bridgehead atoms. The number of esters is 1. The van der Waals surface area contributed by atoms with Crippen LogP contribution in [0.15, 0.2) is 16.7 Å². The minimum absolute atomic E-state index is 0.0605. The summed E-state index contributed by atoms with van der Waals surface area (Å²) in [5.41, 5.74) is 0.332. The second-order valence-electron chi connectivity index (χ2n) is 4.81. The van der Waals surface area contributed by atoms with Crippen LogP contribution in [0.2, 0.25) is 5.15 Å². The van der Waals surface area contributed by atoms with Gasteiger partial charge in [-0.2, -0.15) is 0 Å². The van der Waals surface area contributed by atoms with Crippen molar-refractivity contribution in [3.05, 3.63) is 27.5 Å². The molecule has 2 atom stereocenters. The number of rotatable bonds is 2. The molecule has 2 rings (SSSR count). The summed E-state index contributed by atoms with van der Waals surface area (Å²) in [7, 11) is 1.36. The molecule has 7 heteroatoms. The lowest BCUT2D eigenvalue weighted by Gasteiger charge is -2.16. The van der Waals surface area contributed by atoms with Crippen LogP contribution in [0.25, 0.3) is 0 Å². The molecule has 1 aliphatic rings. The number of hydrogen-bond acceptors (Lipinski definition) is 4. The molecule has 1 fully saturated rings. The Labute approximate surface area is 130 Å². The van der Waals surface area contributed by atoms with Crippen molar-refractivity contribution in [3.63, 3.8) is 0 Å². The van der Waals surface area contributed by atoms with Crippen LogP contribution in [0.4, 0.5) is 0 Å². The standard InChI is InChI=1S/C13H14BrClN2O3/c1-7-5-17(6-10(7)13(19)20-2)12(18)9-3-8(14)4-16-11(9)15/h3-4,7,10H,5-6H2,1-2H3. The van der Waals surface area contributed by atoms with Gasteiger partial charge in [0.15, 0.2) is 0 Å². The number of amides is 1. The predicted molar refractivity (Wildman–Crippen MR) is 77.5 cm³/mol. The van der Waals surface area contributed by atoms with Crippen molar-refractivity contribution < 1.29 is 14.3 Å². The van der Waals surface area contributed by atoms with E-state index in [4.69, 9.17) is 16.3 Å². The zero-order chi connectivity index (χ0) is 14.9. The highest BCUT2D eigenvalue weighted by molar-refractivity contribution is 9.10. The Bertz CT molecular complexity index is 552. The summed E-state index contributed by atoms with van der Waals surface area (Å²) < 4.78 is 5.44. The first-order valence-corrected chi connectivity index (χ1v) is 7.29. The van der Waals surface area contributed by atoms with Crippen molar-refractivity contribution in [2.75, 3.05) is 20.2 Å². The summed E-state index contributed by atoms with van der Waals surface area (Å²) >= 11 is 9.23. The number of hydrogen-bond donors (Lipinski definition) is 0. The van der Waals surface area contributed by atoms with Gasteiger partial charge in [0.25, 0.3) is 5.91 Å². The highest BCUT2D eigenvalue weighted by atomic mass is 79.9. The molecule has 0 radical (unpaired) electrons. The largest absolute Gasteiger partial charge is 0.469 e. The zero-order valence-electron chi connectivity index (χ0n) is 11.1. The molecule has 0 spiro atoms. The first-order chi connectivity index (χ1) is 9.43. The molecule has 1 saturated heterocycles. The van der Waals surface area contributed by atoms with E-state index >= 15 is 0 Å². The topological polar surface area (TPSA) is 59.5 Å². The number of aromatic nitrogens is 1. The molecule has 2 heterocycles. The molecule has 1 aromatic rings. The smallest absolute Gasteiger partial charge is 0.310 e. The van der Waals surface area contributed by atoms with E-state index in [0.29, 0.717) is 23.1 Å². The maximum Gasteiger partial charge on any atom is 0.310 e. The van der Waals surface area contributed by atoms with Gasteiger partial charge in [0.05, 0.1) is 18.6 Å². The summed E-state index contributed by atoms with van der Waals surface area (Å²) in [5.74, 6) is -0.735. The number of likely N-dealkylation sites (tertiary alicyclic amines) is 1. The Morgan fingerprint density at radius 1 is 1.50 bits per heavy atom. The highest BCUT2D eigenvalue weighted by Crippen LogP contribution is 2.27. The first-order valence-electron chi connectivity index (χ1n) is 6.12. The number of carbonyl (C=O) groups excluding carboxylic acids is 2. The maximum atomic E-state index is 12.5. The Morgan fingerprint density at radius 3 is 2.85 bits per heavy atom. The van der Waals surface area contributed by atoms with Crippen molar-refractivity contribution in [1.82, 2.24) is 9.88 Å². The second-order valence-corrected chi connectivity index (χ2v) is 6.08. The third-order valence-electron chi connectivity index (χ3n) is 3.44. The molecule has 20 heavy (non-hydrogen) atoms. The fraction of sp³-hybridized carbons (Fsp3) is 0.462. The van der Waals surface area contributed by atoms with Gasteiger partial charge in [0.1, 0.15) is 5.15 Å². The molecule has 0 saturated carbocycles. The highest BCUT2D eigenvalue weighted by Gasteiger charge is 2.38. The number of halogens is 2. The van der Waals surface area contributed by atoms with Crippen LogP contribution >= 0.6 is 27.5 Å². The van der Waals surface area contributed by atoms with Crippen LogP contribution in [0.5, 0.6) is 0 Å². The monoisotopic (exact) mass is 360 g/mol. The van der Waals surface area contributed by atoms with Gasteiger partial charge in [-0.25, -0.2) is 4.98 Å². The van der Waals surface area contributed by atoms with Crippen LogP contribution in [0.1, 0.15) is 17.3 Å². The van der Waals surface area contributed by atoms with Gasteiger partial charge in [-0.05, 0) is 27.9 Å². The molecule has 108 valence electrons. The first kappa shape index (κ1) is 15.3. The number of carbonyl (C=O) groups is 2. The Morgan fingerprint density at radius 2 is 2.20 bits per heavy atom. The molecule has 1 aromatic heterocycles. The van der Waals surface area contributed by atoms with Crippen molar-refractivity contribution in [2.45, 2.75) is 6.92 Å². The molecule has 2 unspecified atom stereocenters. The lowest BCUT2D eigenvalue weighted by Crippen LogP contribution is -2.30. The van der Waals surface area contributed by atoms with Gasteiger partial charge in [0.2, 0.25) is 0 Å². The SMILES string of the molecule is COC(=O)C1CN(C(=O)c2cc(Br)cnc2Cl)CC1C. The molecule has 0 aliphatic carbocycles. The van der Waals surface area contributed by atoms with Crippen LogP contribution in [-0.4, -0.2) is 42.0 Å². The van der Waals surface area contributed by atoms with Gasteiger partial charge in [0, 0.05) is 23.8 Å². The van der Waals surface area contributed by atoms with Gasteiger partial charge < -0.3 is 9.64 Å². The van der Waals surface area contributed by atoms with Crippen LogP contribution < -0.4 is 0 Å². The van der Waals surface area contributed by atoms with E-state index in [9.17, 15) is 9.59 Å². The lowest BCUT2D eigenvalue weighted by molar-refractivity contribution is -0.146. The maximum absolute atomic E-state index is 12.5. The average Bonchev–Trinajstić information content (AvgIpc) is 2.82. The van der Waals surface area contributed by atoms with Gasteiger partial charge >= 0.3 is 5.97 Å². The van der Waals surface area contributed by atoms with E-state index in [1.807, 2.05) is 6.92 Å². The lowest BCUT2D eigenvalue weighted by atomic mass is 9.99. The van der Waals surface area contributed by atoms with Gasteiger partial charge in [-0.3, -0.25) is 9.59 Å². The Hall–Kier alpha value is -1.14.